The lowest BCUT2D eigenvalue weighted by Gasteiger charge is -2.16. The molecule has 1 unspecified atom stereocenters. The van der Waals surface area contributed by atoms with Crippen molar-refractivity contribution in [2.24, 2.45) is 10.9 Å². The van der Waals surface area contributed by atoms with Gasteiger partial charge in [0.1, 0.15) is 0 Å². The van der Waals surface area contributed by atoms with E-state index in [2.05, 4.69) is 48.9 Å². The Morgan fingerprint density at radius 3 is 2.68 bits per heavy atom. The van der Waals surface area contributed by atoms with E-state index in [1.54, 1.807) is 0 Å². The first-order chi connectivity index (χ1) is 9.08. The summed E-state index contributed by atoms with van der Waals surface area (Å²) in [6, 6.07) is 0. The quantitative estimate of drug-likeness (QED) is 0.484. The first-order valence-corrected chi connectivity index (χ1v) is 6.65. The fraction of sp³-hybridized carbons (Fsp3) is 0.278. The molecule has 0 saturated heterocycles. The molecule has 100 valence electrons. The number of hydrogen-bond donors (Lipinski definition) is 0. The second-order valence-corrected chi connectivity index (χ2v) is 4.80. The molecule has 0 fully saturated rings. The molecule has 1 rings (SSSR count). The molecule has 0 heterocycles. The Kier molecular flexibility index (Phi) is 6.01. The molecule has 0 saturated carbocycles. The molecule has 0 aromatic carbocycles. The van der Waals surface area contributed by atoms with Crippen molar-refractivity contribution in [2.45, 2.75) is 27.7 Å². The normalized spacial score (nSPS) is 21.7. The van der Waals surface area contributed by atoms with Gasteiger partial charge in [-0.3, -0.25) is 4.99 Å². The molecular formula is C18H23N. The van der Waals surface area contributed by atoms with E-state index in [0.717, 1.165) is 16.9 Å². The van der Waals surface area contributed by atoms with E-state index in [-0.39, 0.29) is 0 Å². The monoisotopic (exact) mass is 253 g/mol. The third-order valence-corrected chi connectivity index (χ3v) is 2.91. The molecule has 0 spiro atoms. The van der Waals surface area contributed by atoms with Crippen LogP contribution in [-0.4, -0.2) is 5.71 Å². The predicted octanol–water partition coefficient (Wildman–Crippen LogP) is 5.17. The maximum absolute atomic E-state index is 4.35. The molecule has 0 radical (unpaired) electrons. The lowest BCUT2D eigenvalue weighted by Crippen LogP contribution is -2.00. The minimum atomic E-state index is 0.447. The number of allylic oxidation sites excluding steroid dienone is 10. The maximum atomic E-state index is 4.35. The lowest BCUT2D eigenvalue weighted by molar-refractivity contribution is 0.878. The summed E-state index contributed by atoms with van der Waals surface area (Å²) in [6.45, 7) is 12.1. The Bertz CT molecular complexity index is 504. The topological polar surface area (TPSA) is 12.4 Å². The zero-order valence-electron chi connectivity index (χ0n) is 12.4. The van der Waals surface area contributed by atoms with Gasteiger partial charge in [-0.2, -0.15) is 0 Å². The third kappa shape index (κ3) is 4.70. The predicted molar refractivity (Wildman–Crippen MR) is 86.3 cm³/mol. The van der Waals surface area contributed by atoms with Crippen molar-refractivity contribution in [1.82, 2.24) is 0 Å². The van der Waals surface area contributed by atoms with Crippen LogP contribution in [0.2, 0.25) is 0 Å². The zero-order chi connectivity index (χ0) is 14.3. The van der Waals surface area contributed by atoms with Gasteiger partial charge in [0.05, 0.1) is 0 Å². The molecule has 0 aromatic heterocycles. The number of aliphatic imine (C=N–C) groups is 1. The van der Waals surface area contributed by atoms with Crippen LogP contribution >= 0.6 is 0 Å². The van der Waals surface area contributed by atoms with Gasteiger partial charge in [-0.25, -0.2) is 0 Å². The maximum Gasteiger partial charge on any atom is 0.0345 e. The highest BCUT2D eigenvalue weighted by molar-refractivity contribution is 5.79. The van der Waals surface area contributed by atoms with E-state index >= 15 is 0 Å². The van der Waals surface area contributed by atoms with Crippen LogP contribution in [-0.2, 0) is 0 Å². The molecular weight excluding hydrogens is 230 g/mol. The molecule has 1 aliphatic rings. The lowest BCUT2D eigenvalue weighted by atomic mass is 9.89. The molecule has 1 aliphatic carbocycles. The van der Waals surface area contributed by atoms with Crippen molar-refractivity contribution in [2.75, 3.05) is 0 Å². The Morgan fingerprint density at radius 2 is 2.11 bits per heavy atom. The van der Waals surface area contributed by atoms with Gasteiger partial charge >= 0.3 is 0 Å². The van der Waals surface area contributed by atoms with Crippen molar-refractivity contribution in [1.29, 1.82) is 0 Å². The van der Waals surface area contributed by atoms with Gasteiger partial charge in [0.25, 0.3) is 0 Å². The summed E-state index contributed by atoms with van der Waals surface area (Å²) in [5, 5.41) is 0. The van der Waals surface area contributed by atoms with E-state index in [1.807, 2.05) is 39.1 Å². The van der Waals surface area contributed by atoms with Gasteiger partial charge in [0.2, 0.25) is 0 Å². The average molecular weight is 253 g/mol. The first kappa shape index (κ1) is 15.2. The zero-order valence-corrected chi connectivity index (χ0v) is 12.4. The van der Waals surface area contributed by atoms with Crippen LogP contribution < -0.4 is 0 Å². The van der Waals surface area contributed by atoms with E-state index in [1.165, 1.54) is 5.57 Å². The van der Waals surface area contributed by atoms with Crippen LogP contribution in [0.5, 0.6) is 0 Å². The Morgan fingerprint density at radius 1 is 1.37 bits per heavy atom. The summed E-state index contributed by atoms with van der Waals surface area (Å²) in [6.07, 6.45) is 16.6. The van der Waals surface area contributed by atoms with Gasteiger partial charge in [-0.1, -0.05) is 56.0 Å². The van der Waals surface area contributed by atoms with Crippen LogP contribution in [0.15, 0.2) is 77.0 Å². The molecule has 0 aliphatic heterocycles. The summed E-state index contributed by atoms with van der Waals surface area (Å²) in [5.41, 5.74) is 4.56. The summed E-state index contributed by atoms with van der Waals surface area (Å²) < 4.78 is 0. The molecule has 0 amide bonds. The first-order valence-electron chi connectivity index (χ1n) is 6.65. The number of rotatable bonds is 4. The molecule has 0 bridgehead atoms. The fourth-order valence-electron chi connectivity index (χ4n) is 1.75. The highest BCUT2D eigenvalue weighted by Gasteiger charge is 2.10. The highest BCUT2D eigenvalue weighted by atomic mass is 14.7. The third-order valence-electron chi connectivity index (χ3n) is 2.91. The molecule has 0 aromatic rings. The molecule has 1 heteroatoms. The van der Waals surface area contributed by atoms with Gasteiger partial charge in [-0.15, -0.1) is 0 Å². The van der Waals surface area contributed by atoms with Crippen molar-refractivity contribution in [3.8, 4) is 0 Å². The van der Waals surface area contributed by atoms with Gasteiger partial charge in [0.15, 0.2) is 0 Å². The van der Waals surface area contributed by atoms with Crippen molar-refractivity contribution in [3.63, 3.8) is 0 Å². The van der Waals surface area contributed by atoms with Crippen LogP contribution in [0, 0.1) is 5.92 Å². The van der Waals surface area contributed by atoms with Crippen LogP contribution in [0.4, 0.5) is 0 Å². The minimum Gasteiger partial charge on any atom is -0.266 e. The van der Waals surface area contributed by atoms with E-state index in [0.29, 0.717) is 5.92 Å². The minimum absolute atomic E-state index is 0.447. The summed E-state index contributed by atoms with van der Waals surface area (Å²) >= 11 is 0. The largest absolute Gasteiger partial charge is 0.266 e. The van der Waals surface area contributed by atoms with Crippen molar-refractivity contribution in [3.05, 3.63) is 72.0 Å². The summed E-state index contributed by atoms with van der Waals surface area (Å²) in [7, 11) is 0. The Balaban J connectivity index is 3.11. The molecule has 1 atom stereocenters. The second kappa shape index (κ2) is 7.52. The summed E-state index contributed by atoms with van der Waals surface area (Å²) in [4.78, 5) is 4.35. The van der Waals surface area contributed by atoms with Crippen molar-refractivity contribution < 1.29 is 0 Å². The highest BCUT2D eigenvalue weighted by Crippen LogP contribution is 2.26. The van der Waals surface area contributed by atoms with Crippen LogP contribution in [0.1, 0.15) is 27.7 Å². The van der Waals surface area contributed by atoms with Gasteiger partial charge in [-0.05, 0) is 43.4 Å². The fourth-order valence-corrected chi connectivity index (χ4v) is 1.75. The second-order valence-electron chi connectivity index (χ2n) is 4.80. The van der Waals surface area contributed by atoms with E-state index in [4.69, 9.17) is 0 Å². The van der Waals surface area contributed by atoms with E-state index < -0.39 is 0 Å². The molecule has 0 N–H and O–H groups in total. The molecule has 1 nitrogen and oxygen atoms in total. The molecule has 19 heavy (non-hydrogen) atoms. The Labute approximate surface area is 117 Å². The Hall–Kier alpha value is -1.89. The van der Waals surface area contributed by atoms with E-state index in [9.17, 15) is 0 Å². The SMILES string of the molecule is C=C/C(=C\N=C(C)C)C1=C/C(=C/C=C\C)C(C)C=C1. The number of nitrogens with zero attached hydrogens (tertiary/aromatic N) is 1. The van der Waals surface area contributed by atoms with Gasteiger partial charge < -0.3 is 0 Å². The average Bonchev–Trinajstić information content (AvgIpc) is 2.39. The van der Waals surface area contributed by atoms with Crippen LogP contribution in [0.25, 0.3) is 0 Å². The summed E-state index contributed by atoms with van der Waals surface area (Å²) in [5.74, 6) is 0.447. The van der Waals surface area contributed by atoms with Crippen molar-refractivity contribution >= 4 is 5.71 Å². The van der Waals surface area contributed by atoms with Crippen LogP contribution in [0.3, 0.4) is 0 Å². The smallest absolute Gasteiger partial charge is 0.0345 e. The number of hydrogen-bond acceptors (Lipinski definition) is 1. The standard InChI is InChI=1S/C18H23N/c1-6-8-9-17-12-18(11-10-15(17)5)16(7-2)13-19-14(3)4/h6-13,15H,2H2,1,3-5H3/b8-6-,16-13+,17-9-. The van der Waals surface area contributed by atoms with Gasteiger partial charge in [0, 0.05) is 11.9 Å².